The zero-order valence-electron chi connectivity index (χ0n) is 9.62. The highest BCUT2D eigenvalue weighted by Gasteiger charge is 2.11. The average Bonchev–Trinajstić information content (AvgIpc) is 2.71. The Bertz CT molecular complexity index is 696. The van der Waals surface area contributed by atoms with Crippen molar-refractivity contribution in [3.8, 4) is 11.6 Å². The number of nitrogens with zero attached hydrogens (tertiary/aromatic N) is 3. The minimum absolute atomic E-state index is 0.211. The van der Waals surface area contributed by atoms with Crippen molar-refractivity contribution in [2.45, 2.75) is 6.92 Å². The summed E-state index contributed by atoms with van der Waals surface area (Å²) in [6.07, 6.45) is 3.31. The lowest BCUT2D eigenvalue weighted by Gasteiger charge is -2.05. The van der Waals surface area contributed by atoms with Crippen molar-refractivity contribution in [2.24, 2.45) is 0 Å². The molecule has 6 heteroatoms. The number of pyridine rings is 1. The van der Waals surface area contributed by atoms with E-state index in [2.05, 4.69) is 15.0 Å². The van der Waals surface area contributed by atoms with Crippen molar-refractivity contribution in [1.29, 1.82) is 0 Å². The van der Waals surface area contributed by atoms with Crippen LogP contribution in [0.15, 0.2) is 30.6 Å². The molecule has 0 saturated carbocycles. The summed E-state index contributed by atoms with van der Waals surface area (Å²) in [5, 5.41) is 0.871. The second-order valence-corrected chi connectivity index (χ2v) is 4.99. The molecular weight excluding hydrogens is 248 g/mol. The van der Waals surface area contributed by atoms with Gasteiger partial charge in [0.25, 0.3) is 0 Å². The van der Waals surface area contributed by atoms with Gasteiger partial charge in [0.1, 0.15) is 10.6 Å². The number of hydrogen-bond donors (Lipinski definition) is 1. The maximum atomic E-state index is 5.70. The summed E-state index contributed by atoms with van der Waals surface area (Å²) in [6.45, 7) is 2.01. The van der Waals surface area contributed by atoms with Gasteiger partial charge in [-0.25, -0.2) is 4.98 Å². The van der Waals surface area contributed by atoms with Crippen LogP contribution in [-0.4, -0.2) is 15.0 Å². The van der Waals surface area contributed by atoms with Gasteiger partial charge >= 0.3 is 0 Å². The van der Waals surface area contributed by atoms with Crippen molar-refractivity contribution in [3.05, 3.63) is 35.5 Å². The van der Waals surface area contributed by atoms with E-state index in [1.54, 1.807) is 29.8 Å². The summed E-state index contributed by atoms with van der Waals surface area (Å²) >= 11 is 1.56. The van der Waals surface area contributed by atoms with Crippen LogP contribution in [-0.2, 0) is 0 Å². The van der Waals surface area contributed by atoms with Gasteiger partial charge in [0, 0.05) is 11.1 Å². The van der Waals surface area contributed by atoms with Crippen LogP contribution in [0.4, 0.5) is 5.95 Å². The van der Waals surface area contributed by atoms with E-state index in [0.29, 0.717) is 11.6 Å². The van der Waals surface area contributed by atoms with Gasteiger partial charge in [-0.05, 0) is 25.1 Å². The number of ether oxygens (including phenoxy) is 1. The molecule has 5 nitrogen and oxygen atoms in total. The van der Waals surface area contributed by atoms with Crippen molar-refractivity contribution < 1.29 is 4.74 Å². The Labute approximate surface area is 107 Å². The summed E-state index contributed by atoms with van der Waals surface area (Å²) in [7, 11) is 0. The van der Waals surface area contributed by atoms with E-state index in [0.717, 1.165) is 15.1 Å². The number of nitrogens with two attached hydrogens (primary N) is 1. The molecule has 0 spiro atoms. The third-order valence-corrected chi connectivity index (χ3v) is 3.29. The fraction of sp³-hybridized carbons (Fsp3) is 0.0833. The van der Waals surface area contributed by atoms with Crippen LogP contribution in [0.25, 0.3) is 10.2 Å². The summed E-state index contributed by atoms with van der Waals surface area (Å²) in [5.74, 6) is 1.30. The first kappa shape index (κ1) is 10.9. The van der Waals surface area contributed by atoms with Gasteiger partial charge in [0.05, 0.1) is 11.6 Å². The molecule has 0 saturated heterocycles. The highest BCUT2D eigenvalue weighted by molar-refractivity contribution is 7.18. The maximum absolute atomic E-state index is 5.70. The quantitative estimate of drug-likeness (QED) is 0.765. The normalized spacial score (nSPS) is 10.7. The minimum Gasteiger partial charge on any atom is -0.437 e. The van der Waals surface area contributed by atoms with Crippen LogP contribution in [0, 0.1) is 6.92 Å². The van der Waals surface area contributed by atoms with Crippen molar-refractivity contribution in [1.82, 2.24) is 15.0 Å². The highest BCUT2D eigenvalue weighted by atomic mass is 32.1. The molecule has 3 rings (SSSR count). The van der Waals surface area contributed by atoms with E-state index in [-0.39, 0.29) is 5.95 Å². The van der Waals surface area contributed by atoms with Crippen LogP contribution in [0.1, 0.15) is 4.88 Å². The number of fused-ring (bicyclic) bond motifs is 1. The van der Waals surface area contributed by atoms with E-state index < -0.39 is 0 Å². The van der Waals surface area contributed by atoms with Crippen molar-refractivity contribution in [3.63, 3.8) is 0 Å². The Kier molecular flexibility index (Phi) is 2.56. The van der Waals surface area contributed by atoms with E-state index in [9.17, 15) is 0 Å². The van der Waals surface area contributed by atoms with Gasteiger partial charge in [-0.2, -0.15) is 4.98 Å². The molecule has 18 heavy (non-hydrogen) atoms. The van der Waals surface area contributed by atoms with Crippen LogP contribution in [0.5, 0.6) is 11.6 Å². The Morgan fingerprint density at radius 1 is 1.33 bits per heavy atom. The topological polar surface area (TPSA) is 73.9 Å². The largest absolute Gasteiger partial charge is 0.437 e. The van der Waals surface area contributed by atoms with Crippen molar-refractivity contribution in [2.75, 3.05) is 5.73 Å². The van der Waals surface area contributed by atoms with Crippen molar-refractivity contribution >= 4 is 27.5 Å². The van der Waals surface area contributed by atoms with E-state index in [1.165, 1.54) is 0 Å². The molecule has 0 aliphatic heterocycles. The summed E-state index contributed by atoms with van der Waals surface area (Å²) in [4.78, 5) is 14.3. The number of rotatable bonds is 2. The molecular formula is C12H10N4OS. The van der Waals surface area contributed by atoms with Gasteiger partial charge in [-0.15, -0.1) is 11.3 Å². The van der Waals surface area contributed by atoms with Crippen LogP contribution in [0.2, 0.25) is 0 Å². The molecule has 3 heterocycles. The molecule has 0 bridgehead atoms. The lowest BCUT2D eigenvalue weighted by Crippen LogP contribution is -1.97. The number of hydrogen-bond acceptors (Lipinski definition) is 6. The molecule has 3 aromatic heterocycles. The number of thiophene rings is 1. The van der Waals surface area contributed by atoms with Gasteiger partial charge in [-0.3, -0.25) is 4.98 Å². The molecule has 90 valence electrons. The van der Waals surface area contributed by atoms with E-state index in [4.69, 9.17) is 10.5 Å². The first-order valence-corrected chi connectivity index (χ1v) is 6.15. The number of aromatic nitrogens is 3. The number of anilines is 1. The summed E-state index contributed by atoms with van der Waals surface area (Å²) in [5.41, 5.74) is 5.68. The third kappa shape index (κ3) is 1.98. The molecule has 0 atom stereocenters. The predicted molar refractivity (Wildman–Crippen MR) is 70.9 cm³/mol. The zero-order chi connectivity index (χ0) is 12.5. The van der Waals surface area contributed by atoms with Crippen LogP contribution >= 0.6 is 11.3 Å². The van der Waals surface area contributed by atoms with Gasteiger partial charge in [0.15, 0.2) is 0 Å². The first-order chi connectivity index (χ1) is 8.72. The Hall–Kier alpha value is -2.21. The minimum atomic E-state index is 0.211. The third-order valence-electron chi connectivity index (χ3n) is 2.35. The Morgan fingerprint density at radius 3 is 3.00 bits per heavy atom. The SMILES string of the molecule is Cc1cc2c(Oc3cccnc3)nc(N)nc2s1. The summed E-state index contributed by atoms with van der Waals surface area (Å²) in [6, 6.07) is 5.61. The number of nitrogen functional groups attached to an aromatic ring is 1. The second-order valence-electron chi connectivity index (χ2n) is 3.75. The molecule has 0 amide bonds. The van der Waals surface area contributed by atoms with Gasteiger partial charge in [0.2, 0.25) is 11.8 Å². The molecule has 2 N–H and O–H groups in total. The standard InChI is InChI=1S/C12H10N4OS/c1-7-5-9-10(15-12(13)16-11(9)18-7)17-8-3-2-4-14-6-8/h2-6H,1H3,(H2,13,15,16). The fourth-order valence-corrected chi connectivity index (χ4v) is 2.51. The van der Waals surface area contributed by atoms with Crippen LogP contribution in [0.3, 0.4) is 0 Å². The molecule has 3 aromatic rings. The monoisotopic (exact) mass is 258 g/mol. The lowest BCUT2D eigenvalue weighted by molar-refractivity contribution is 0.467. The molecule has 0 aliphatic rings. The maximum Gasteiger partial charge on any atom is 0.232 e. The van der Waals surface area contributed by atoms with E-state index in [1.807, 2.05) is 19.1 Å². The zero-order valence-corrected chi connectivity index (χ0v) is 10.4. The average molecular weight is 258 g/mol. The molecule has 0 unspecified atom stereocenters. The lowest BCUT2D eigenvalue weighted by atomic mass is 10.3. The predicted octanol–water partition coefficient (Wildman–Crippen LogP) is 2.77. The molecule has 0 aromatic carbocycles. The first-order valence-electron chi connectivity index (χ1n) is 5.34. The smallest absolute Gasteiger partial charge is 0.232 e. The van der Waals surface area contributed by atoms with Gasteiger partial charge in [-0.1, -0.05) is 0 Å². The Morgan fingerprint density at radius 2 is 2.22 bits per heavy atom. The molecule has 0 fully saturated rings. The fourth-order valence-electron chi connectivity index (χ4n) is 1.63. The second kappa shape index (κ2) is 4.23. The highest BCUT2D eigenvalue weighted by Crippen LogP contribution is 2.32. The Balaban J connectivity index is 2.10. The summed E-state index contributed by atoms with van der Waals surface area (Å²) < 4.78 is 5.70. The van der Waals surface area contributed by atoms with Gasteiger partial charge < -0.3 is 10.5 Å². The van der Waals surface area contributed by atoms with E-state index >= 15 is 0 Å². The molecule has 0 aliphatic carbocycles. The molecule has 0 radical (unpaired) electrons. The number of aryl methyl sites for hydroxylation is 1. The van der Waals surface area contributed by atoms with Crippen LogP contribution < -0.4 is 10.5 Å².